The van der Waals surface area contributed by atoms with Gasteiger partial charge in [0.1, 0.15) is 10.8 Å². The quantitative estimate of drug-likeness (QED) is 0.375. The Balaban J connectivity index is 2.22. The number of para-hydroxylation sites is 1. The van der Waals surface area contributed by atoms with Crippen molar-refractivity contribution in [2.24, 2.45) is 10.2 Å². The van der Waals surface area contributed by atoms with E-state index in [2.05, 4.69) is 15.5 Å². The summed E-state index contributed by atoms with van der Waals surface area (Å²) in [5.74, 6) is -3.12. The lowest BCUT2D eigenvalue weighted by atomic mass is 10.1. The highest BCUT2D eigenvalue weighted by atomic mass is 32.2. The molecule has 1 heterocycles. The fourth-order valence-electron chi connectivity index (χ4n) is 1.93. The van der Waals surface area contributed by atoms with Crippen molar-refractivity contribution < 1.29 is 29.5 Å². The van der Waals surface area contributed by atoms with E-state index in [1.54, 1.807) is 0 Å². The molecule has 1 fully saturated rings. The number of benzene rings is 1. The summed E-state index contributed by atoms with van der Waals surface area (Å²) in [6.45, 7) is 0. The van der Waals surface area contributed by atoms with Crippen LogP contribution >= 0.6 is 11.8 Å². The van der Waals surface area contributed by atoms with Crippen LogP contribution in [0.2, 0.25) is 0 Å². The number of thioether (sulfide) groups is 1. The number of rotatable bonds is 6. The van der Waals surface area contributed by atoms with Crippen molar-refractivity contribution in [1.82, 2.24) is 5.32 Å². The van der Waals surface area contributed by atoms with Crippen LogP contribution in [0.3, 0.4) is 0 Å². The average Bonchev–Trinajstić information content (AvgIpc) is 2.85. The molecule has 1 amide bonds. The molecule has 130 valence electrons. The average molecular weight is 366 g/mol. The van der Waals surface area contributed by atoms with Crippen molar-refractivity contribution in [2.45, 2.75) is 11.7 Å². The molecule has 0 spiro atoms. The summed E-state index contributed by atoms with van der Waals surface area (Å²) in [6.07, 6.45) is 0.597. The Kier molecular flexibility index (Phi) is 5.44. The Bertz CT molecular complexity index is 821. The molecule has 0 aromatic heterocycles. The maximum atomic E-state index is 11.5. The Morgan fingerprint density at radius 2 is 2.12 bits per heavy atom. The number of carbonyl (C=O) groups is 3. The molecule has 3 N–H and O–H groups in total. The van der Waals surface area contributed by atoms with Crippen LogP contribution in [0.25, 0.3) is 0 Å². The summed E-state index contributed by atoms with van der Waals surface area (Å²) in [4.78, 5) is 43.4. The maximum absolute atomic E-state index is 11.5. The van der Waals surface area contributed by atoms with Gasteiger partial charge in [0.15, 0.2) is 5.17 Å². The second-order valence-electron chi connectivity index (χ2n) is 4.65. The minimum atomic E-state index is -1.46. The molecule has 11 nitrogen and oxygen atoms in total. The zero-order valence-corrected chi connectivity index (χ0v) is 13.1. The Morgan fingerprint density at radius 1 is 1.40 bits per heavy atom. The van der Waals surface area contributed by atoms with Gasteiger partial charge in [-0.3, -0.25) is 19.7 Å². The van der Waals surface area contributed by atoms with Gasteiger partial charge in [-0.15, -0.1) is 5.10 Å². The van der Waals surface area contributed by atoms with Crippen LogP contribution in [-0.4, -0.2) is 49.6 Å². The van der Waals surface area contributed by atoms with Crippen molar-refractivity contribution in [1.29, 1.82) is 0 Å². The minimum absolute atomic E-state index is 0.0459. The summed E-state index contributed by atoms with van der Waals surface area (Å²) in [6, 6.07) is 3.70. The van der Waals surface area contributed by atoms with Crippen LogP contribution in [0, 0.1) is 10.1 Å². The standard InChI is InChI=1S/C13H10N4O7S/c18-9(19)4-8-11(20)15-13(25-8)16-14-5-6-2-1-3-7(12(21)22)10(6)17(23)24/h1-3,5,8H,4H2,(H,18,19)(H,21,22)(H,15,16,20). The third-order valence-electron chi connectivity index (χ3n) is 2.96. The molecular weight excluding hydrogens is 356 g/mol. The number of hydrogen-bond donors (Lipinski definition) is 3. The molecule has 1 atom stereocenters. The van der Waals surface area contributed by atoms with Gasteiger partial charge in [0.25, 0.3) is 5.69 Å². The number of aliphatic carboxylic acids is 1. The van der Waals surface area contributed by atoms with Crippen LogP contribution in [0.4, 0.5) is 5.69 Å². The molecular formula is C13H10N4O7S. The van der Waals surface area contributed by atoms with Crippen LogP contribution in [-0.2, 0) is 9.59 Å². The number of nitro groups is 1. The molecule has 1 aliphatic rings. The molecule has 1 aromatic carbocycles. The molecule has 25 heavy (non-hydrogen) atoms. The van der Waals surface area contributed by atoms with E-state index in [0.29, 0.717) is 0 Å². The van der Waals surface area contributed by atoms with E-state index in [9.17, 15) is 24.5 Å². The molecule has 1 saturated heterocycles. The molecule has 1 unspecified atom stereocenters. The third kappa shape index (κ3) is 4.38. The number of nitrogens with zero attached hydrogens (tertiary/aromatic N) is 3. The summed E-state index contributed by atoms with van der Waals surface area (Å²) in [5, 5.41) is 37.6. The normalized spacial score (nSPS) is 18.5. The molecule has 12 heteroatoms. The highest BCUT2D eigenvalue weighted by Gasteiger charge is 2.32. The number of carbonyl (C=O) groups excluding carboxylic acids is 1. The smallest absolute Gasteiger partial charge is 0.342 e. The van der Waals surface area contributed by atoms with Gasteiger partial charge in [-0.1, -0.05) is 17.8 Å². The third-order valence-corrected chi connectivity index (χ3v) is 4.03. The van der Waals surface area contributed by atoms with Crippen molar-refractivity contribution >= 4 is 46.7 Å². The van der Waals surface area contributed by atoms with Crippen LogP contribution in [0.1, 0.15) is 22.3 Å². The topological polar surface area (TPSA) is 172 Å². The molecule has 1 aliphatic heterocycles. The number of aromatic carboxylic acids is 1. The van der Waals surface area contributed by atoms with Gasteiger partial charge in [0.05, 0.1) is 23.1 Å². The molecule has 0 aliphatic carbocycles. The zero-order valence-electron chi connectivity index (χ0n) is 12.3. The second-order valence-corrected chi connectivity index (χ2v) is 5.84. The lowest BCUT2D eigenvalue weighted by Crippen LogP contribution is -2.26. The van der Waals surface area contributed by atoms with Crippen LogP contribution in [0.15, 0.2) is 28.4 Å². The first kappa shape index (κ1) is 18.1. The van der Waals surface area contributed by atoms with E-state index >= 15 is 0 Å². The molecule has 1 aromatic rings. The highest BCUT2D eigenvalue weighted by Crippen LogP contribution is 2.24. The number of carboxylic acids is 2. The number of amidine groups is 1. The van der Waals surface area contributed by atoms with Crippen molar-refractivity contribution in [3.63, 3.8) is 0 Å². The van der Waals surface area contributed by atoms with Crippen molar-refractivity contribution in [3.05, 3.63) is 39.4 Å². The van der Waals surface area contributed by atoms with E-state index in [1.165, 1.54) is 12.1 Å². The Morgan fingerprint density at radius 3 is 2.72 bits per heavy atom. The van der Waals surface area contributed by atoms with Gasteiger partial charge in [-0.25, -0.2) is 4.79 Å². The maximum Gasteiger partial charge on any atom is 0.342 e. The molecule has 0 bridgehead atoms. The van der Waals surface area contributed by atoms with Gasteiger partial charge >= 0.3 is 11.9 Å². The number of nitrogens with one attached hydrogen (secondary N) is 1. The fraction of sp³-hybridized carbons (Fsp3) is 0.154. The zero-order chi connectivity index (χ0) is 18.6. The van der Waals surface area contributed by atoms with Crippen molar-refractivity contribution in [2.75, 3.05) is 0 Å². The van der Waals surface area contributed by atoms with Gasteiger partial charge < -0.3 is 15.5 Å². The van der Waals surface area contributed by atoms with Gasteiger partial charge in [0.2, 0.25) is 5.91 Å². The predicted octanol–water partition coefficient (Wildman–Crippen LogP) is 0.689. The lowest BCUT2D eigenvalue weighted by molar-refractivity contribution is -0.385. The Labute approximate surface area is 143 Å². The highest BCUT2D eigenvalue weighted by molar-refractivity contribution is 8.15. The predicted molar refractivity (Wildman–Crippen MR) is 86.9 cm³/mol. The van der Waals surface area contributed by atoms with E-state index in [1.807, 2.05) is 0 Å². The SMILES string of the molecule is O=C(O)CC1SC(=NN=Cc2cccc(C(=O)O)c2[N+](=O)[O-])NC1=O. The monoisotopic (exact) mass is 366 g/mol. The largest absolute Gasteiger partial charge is 0.481 e. The first-order valence-electron chi connectivity index (χ1n) is 6.60. The van der Waals surface area contributed by atoms with Crippen LogP contribution in [0.5, 0.6) is 0 Å². The number of carboxylic acid groups (broad SMARTS) is 2. The first-order valence-corrected chi connectivity index (χ1v) is 7.48. The first-order chi connectivity index (χ1) is 11.8. The van der Waals surface area contributed by atoms with Crippen LogP contribution < -0.4 is 5.32 Å². The summed E-state index contributed by atoms with van der Waals surface area (Å²) in [7, 11) is 0. The fourth-order valence-corrected chi connectivity index (χ4v) is 2.85. The summed E-state index contributed by atoms with van der Waals surface area (Å²) >= 11 is 0.868. The molecule has 0 radical (unpaired) electrons. The number of nitro benzene ring substituents is 1. The summed E-state index contributed by atoms with van der Waals surface area (Å²) < 4.78 is 0. The van der Waals surface area contributed by atoms with E-state index in [0.717, 1.165) is 24.0 Å². The lowest BCUT2D eigenvalue weighted by Gasteiger charge is -2.00. The Hall–Kier alpha value is -3.28. The van der Waals surface area contributed by atoms with Crippen molar-refractivity contribution in [3.8, 4) is 0 Å². The molecule has 2 rings (SSSR count). The molecule has 0 saturated carbocycles. The van der Waals surface area contributed by atoms with Gasteiger partial charge in [0, 0.05) is 0 Å². The van der Waals surface area contributed by atoms with Gasteiger partial charge in [-0.05, 0) is 12.1 Å². The van der Waals surface area contributed by atoms with E-state index in [4.69, 9.17) is 10.2 Å². The number of amides is 1. The number of hydrogen-bond acceptors (Lipinski definition) is 8. The summed E-state index contributed by atoms with van der Waals surface area (Å²) in [5.41, 5.74) is -1.21. The minimum Gasteiger partial charge on any atom is -0.481 e. The van der Waals surface area contributed by atoms with E-state index < -0.39 is 39.3 Å². The van der Waals surface area contributed by atoms with Gasteiger partial charge in [-0.2, -0.15) is 5.10 Å². The van der Waals surface area contributed by atoms with E-state index in [-0.39, 0.29) is 17.2 Å². The second kappa shape index (κ2) is 7.53.